The highest BCUT2D eigenvalue weighted by Crippen LogP contribution is 2.40. The van der Waals surface area contributed by atoms with Gasteiger partial charge in [-0.25, -0.2) is 9.97 Å². The van der Waals surface area contributed by atoms with Gasteiger partial charge in [-0.2, -0.15) is 0 Å². The van der Waals surface area contributed by atoms with Crippen LogP contribution in [-0.2, 0) is 11.2 Å². The van der Waals surface area contributed by atoms with Crippen molar-refractivity contribution in [3.05, 3.63) is 42.0 Å². The predicted molar refractivity (Wildman–Crippen MR) is 105 cm³/mol. The zero-order chi connectivity index (χ0) is 18.9. The molecule has 1 unspecified atom stereocenters. The number of carbonyl (C=O) groups is 1. The van der Waals surface area contributed by atoms with Crippen molar-refractivity contribution in [2.24, 2.45) is 11.3 Å². The lowest BCUT2D eigenvalue weighted by Gasteiger charge is -2.37. The summed E-state index contributed by atoms with van der Waals surface area (Å²) in [6.45, 7) is 4.51. The number of hydrogen-bond donors (Lipinski definition) is 1. The van der Waals surface area contributed by atoms with E-state index < -0.39 is 0 Å². The second kappa shape index (κ2) is 7.37. The van der Waals surface area contributed by atoms with Gasteiger partial charge in [0.1, 0.15) is 0 Å². The zero-order valence-corrected chi connectivity index (χ0v) is 16.2. The Hall–Kier alpha value is -2.30. The van der Waals surface area contributed by atoms with Crippen molar-refractivity contribution in [2.45, 2.75) is 64.8 Å². The van der Waals surface area contributed by atoms with E-state index in [0.29, 0.717) is 0 Å². The fourth-order valence-corrected chi connectivity index (χ4v) is 4.47. The highest BCUT2D eigenvalue weighted by molar-refractivity contribution is 5.79. The summed E-state index contributed by atoms with van der Waals surface area (Å²) in [5, 5.41) is 3.33. The Morgan fingerprint density at radius 3 is 2.63 bits per heavy atom. The predicted octanol–water partition coefficient (Wildman–Crippen LogP) is 4.25. The minimum atomic E-state index is 0.00432. The van der Waals surface area contributed by atoms with Crippen molar-refractivity contribution in [3.63, 3.8) is 0 Å². The van der Waals surface area contributed by atoms with E-state index in [2.05, 4.69) is 29.1 Å². The van der Waals surface area contributed by atoms with Crippen LogP contribution in [0.3, 0.4) is 0 Å². The monoisotopic (exact) mass is 364 g/mol. The first-order chi connectivity index (χ1) is 13.0. The van der Waals surface area contributed by atoms with Gasteiger partial charge in [-0.15, -0.1) is 0 Å². The molecular weight excluding hydrogens is 336 g/mol. The Kier molecular flexibility index (Phi) is 4.94. The van der Waals surface area contributed by atoms with Crippen molar-refractivity contribution in [1.29, 1.82) is 0 Å². The highest BCUT2D eigenvalue weighted by Gasteiger charge is 2.35. The van der Waals surface area contributed by atoms with E-state index in [1.54, 1.807) is 12.4 Å². The second-order valence-corrected chi connectivity index (χ2v) is 8.77. The molecular formula is C22H28N4O. The summed E-state index contributed by atoms with van der Waals surface area (Å²) in [7, 11) is 0. The maximum absolute atomic E-state index is 12.8. The fraction of sp³-hybridized carbons (Fsp3) is 0.545. The van der Waals surface area contributed by atoms with Crippen LogP contribution in [0.1, 0.15) is 69.7 Å². The first-order valence-electron chi connectivity index (χ1n) is 10.1. The average molecular weight is 364 g/mol. The van der Waals surface area contributed by atoms with E-state index >= 15 is 0 Å². The Bertz CT molecular complexity index is 812. The van der Waals surface area contributed by atoms with E-state index in [1.165, 1.54) is 19.3 Å². The molecule has 0 saturated heterocycles. The van der Waals surface area contributed by atoms with Crippen molar-refractivity contribution in [3.8, 4) is 11.4 Å². The molecule has 2 aliphatic rings. The molecule has 1 fully saturated rings. The minimum Gasteiger partial charge on any atom is -0.349 e. The van der Waals surface area contributed by atoms with Gasteiger partial charge in [0.05, 0.1) is 11.7 Å². The summed E-state index contributed by atoms with van der Waals surface area (Å²) in [6, 6.07) is 3.86. The van der Waals surface area contributed by atoms with Crippen LogP contribution in [0, 0.1) is 11.3 Å². The van der Waals surface area contributed by atoms with Crippen molar-refractivity contribution in [2.75, 3.05) is 0 Å². The molecule has 1 atom stereocenters. The Morgan fingerprint density at radius 2 is 1.89 bits per heavy atom. The van der Waals surface area contributed by atoms with Crippen molar-refractivity contribution in [1.82, 2.24) is 20.3 Å². The summed E-state index contributed by atoms with van der Waals surface area (Å²) < 4.78 is 0. The van der Waals surface area contributed by atoms with E-state index in [4.69, 9.17) is 4.98 Å². The van der Waals surface area contributed by atoms with E-state index in [-0.39, 0.29) is 23.3 Å². The van der Waals surface area contributed by atoms with Gasteiger partial charge < -0.3 is 5.32 Å². The zero-order valence-electron chi connectivity index (χ0n) is 16.2. The molecule has 2 aromatic heterocycles. The number of aromatic nitrogens is 3. The number of fused-ring (bicyclic) bond motifs is 1. The third kappa shape index (κ3) is 4.02. The van der Waals surface area contributed by atoms with Crippen LogP contribution in [0.5, 0.6) is 0 Å². The molecule has 0 spiro atoms. The van der Waals surface area contributed by atoms with E-state index in [1.807, 2.05) is 18.3 Å². The van der Waals surface area contributed by atoms with E-state index in [0.717, 1.165) is 48.3 Å². The number of nitrogens with one attached hydrogen (secondary N) is 1. The van der Waals surface area contributed by atoms with Gasteiger partial charge in [-0.3, -0.25) is 9.78 Å². The second-order valence-electron chi connectivity index (χ2n) is 8.77. The summed E-state index contributed by atoms with van der Waals surface area (Å²) in [6.07, 6.45) is 12.9. The first kappa shape index (κ1) is 18.1. The topological polar surface area (TPSA) is 67.8 Å². The lowest BCUT2D eigenvalue weighted by molar-refractivity contribution is -0.127. The molecule has 2 aliphatic carbocycles. The first-order valence-corrected chi connectivity index (χ1v) is 10.1. The third-order valence-corrected chi connectivity index (χ3v) is 5.91. The van der Waals surface area contributed by atoms with Gasteiger partial charge >= 0.3 is 0 Å². The molecule has 1 amide bonds. The molecule has 1 saturated carbocycles. The normalized spacial score (nSPS) is 22.1. The van der Waals surface area contributed by atoms with Crippen LogP contribution in [0.2, 0.25) is 0 Å². The summed E-state index contributed by atoms with van der Waals surface area (Å²) >= 11 is 0. The molecule has 5 heteroatoms. The van der Waals surface area contributed by atoms with Crippen molar-refractivity contribution >= 4 is 5.91 Å². The smallest absolute Gasteiger partial charge is 0.223 e. The molecule has 0 bridgehead atoms. The number of carbonyl (C=O) groups excluding carboxylic acids is 1. The molecule has 0 aliphatic heterocycles. The van der Waals surface area contributed by atoms with Gasteiger partial charge in [-0.05, 0) is 43.2 Å². The lowest BCUT2D eigenvalue weighted by Crippen LogP contribution is -2.40. The van der Waals surface area contributed by atoms with Crippen LogP contribution < -0.4 is 5.32 Å². The van der Waals surface area contributed by atoms with Crippen LogP contribution in [0.15, 0.2) is 30.7 Å². The van der Waals surface area contributed by atoms with Crippen LogP contribution in [0.4, 0.5) is 0 Å². The van der Waals surface area contributed by atoms with Gasteiger partial charge in [0.2, 0.25) is 5.91 Å². The van der Waals surface area contributed by atoms with Gasteiger partial charge in [0, 0.05) is 35.6 Å². The van der Waals surface area contributed by atoms with E-state index in [9.17, 15) is 4.79 Å². The molecule has 5 nitrogen and oxygen atoms in total. The molecule has 2 heterocycles. The summed E-state index contributed by atoms with van der Waals surface area (Å²) in [5.41, 5.74) is 3.21. The third-order valence-electron chi connectivity index (χ3n) is 5.91. The number of amides is 1. The lowest BCUT2D eigenvalue weighted by atomic mass is 9.74. The quantitative estimate of drug-likeness (QED) is 0.884. The SMILES string of the molecule is CC1(C)Cc2nc(-c3ccncc3)ncc2C(NC(=O)C2CCCCC2)C1. The molecule has 142 valence electrons. The number of nitrogens with zero attached hydrogens (tertiary/aromatic N) is 3. The van der Waals surface area contributed by atoms with Gasteiger partial charge in [0.15, 0.2) is 5.82 Å². The van der Waals surface area contributed by atoms with Crippen LogP contribution in [-0.4, -0.2) is 20.9 Å². The Labute approximate surface area is 161 Å². The maximum atomic E-state index is 12.8. The molecule has 27 heavy (non-hydrogen) atoms. The average Bonchev–Trinajstić information content (AvgIpc) is 2.68. The van der Waals surface area contributed by atoms with Gasteiger partial charge in [0.25, 0.3) is 0 Å². The molecule has 4 rings (SSSR count). The standard InChI is InChI=1S/C22H28N4O/c1-22(2)12-18-17(14-24-20(25-18)15-8-10-23-11-9-15)19(13-22)26-21(27)16-6-4-3-5-7-16/h8-11,14,16,19H,3-7,12-13H2,1-2H3,(H,26,27). The number of rotatable bonds is 3. The molecule has 0 aromatic carbocycles. The van der Waals surface area contributed by atoms with Crippen LogP contribution >= 0.6 is 0 Å². The number of pyridine rings is 1. The van der Waals surface area contributed by atoms with Crippen LogP contribution in [0.25, 0.3) is 11.4 Å². The van der Waals surface area contributed by atoms with Gasteiger partial charge in [-0.1, -0.05) is 33.1 Å². The fourth-order valence-electron chi connectivity index (χ4n) is 4.47. The largest absolute Gasteiger partial charge is 0.349 e. The summed E-state index contributed by atoms with van der Waals surface area (Å²) in [4.78, 5) is 26.3. The molecule has 1 N–H and O–H groups in total. The minimum absolute atomic E-state index is 0.00432. The maximum Gasteiger partial charge on any atom is 0.223 e. The summed E-state index contributed by atoms with van der Waals surface area (Å²) in [5.74, 6) is 1.11. The Morgan fingerprint density at radius 1 is 1.15 bits per heavy atom. The number of hydrogen-bond acceptors (Lipinski definition) is 4. The Balaban J connectivity index is 1.60. The van der Waals surface area contributed by atoms with Crippen molar-refractivity contribution < 1.29 is 4.79 Å². The molecule has 2 aromatic rings. The highest BCUT2D eigenvalue weighted by atomic mass is 16.1. The molecule has 0 radical (unpaired) electrons.